The van der Waals surface area contributed by atoms with Crippen LogP contribution in [0.4, 0.5) is 0 Å². The van der Waals surface area contributed by atoms with Crippen molar-refractivity contribution in [1.29, 1.82) is 5.26 Å². The fourth-order valence-electron chi connectivity index (χ4n) is 2.26. The Labute approximate surface area is 86.6 Å². The van der Waals surface area contributed by atoms with E-state index < -0.39 is 0 Å². The van der Waals surface area contributed by atoms with Gasteiger partial charge in [0.15, 0.2) is 0 Å². The van der Waals surface area contributed by atoms with Crippen LogP contribution in [0.1, 0.15) is 32.6 Å². The zero-order valence-electron chi connectivity index (χ0n) is 9.20. The van der Waals surface area contributed by atoms with Crippen molar-refractivity contribution >= 4 is 0 Å². The van der Waals surface area contributed by atoms with Crippen LogP contribution in [0.5, 0.6) is 0 Å². The summed E-state index contributed by atoms with van der Waals surface area (Å²) in [5.41, 5.74) is 0. The summed E-state index contributed by atoms with van der Waals surface area (Å²) < 4.78 is 5.38. The Bertz CT molecular complexity index is 200. The van der Waals surface area contributed by atoms with Gasteiger partial charge in [0.05, 0.1) is 18.7 Å². The second-order valence-corrected chi connectivity index (χ2v) is 3.90. The topological polar surface area (TPSA) is 36.3 Å². The van der Waals surface area contributed by atoms with Crippen LogP contribution in [0.15, 0.2) is 0 Å². The number of hydrogen-bond acceptors (Lipinski definition) is 3. The van der Waals surface area contributed by atoms with Gasteiger partial charge in [0.2, 0.25) is 0 Å². The highest BCUT2D eigenvalue weighted by molar-refractivity contribution is 4.85. The third-order valence-corrected chi connectivity index (χ3v) is 3.13. The molecule has 3 heteroatoms. The van der Waals surface area contributed by atoms with Crippen molar-refractivity contribution in [2.24, 2.45) is 0 Å². The molecule has 80 valence electrons. The number of methoxy groups -OCH3 is 1. The zero-order chi connectivity index (χ0) is 10.4. The van der Waals surface area contributed by atoms with Crippen LogP contribution in [0, 0.1) is 11.3 Å². The molecule has 14 heavy (non-hydrogen) atoms. The molecule has 0 saturated heterocycles. The summed E-state index contributed by atoms with van der Waals surface area (Å²) in [6.45, 7) is 3.64. The third-order valence-electron chi connectivity index (χ3n) is 3.13. The van der Waals surface area contributed by atoms with Gasteiger partial charge in [0.25, 0.3) is 0 Å². The molecule has 0 radical (unpaired) electrons. The monoisotopic (exact) mass is 196 g/mol. The fourth-order valence-corrected chi connectivity index (χ4v) is 2.26. The maximum absolute atomic E-state index is 8.70. The molecule has 0 aliphatic heterocycles. The summed E-state index contributed by atoms with van der Waals surface area (Å²) in [4.78, 5) is 2.26. The van der Waals surface area contributed by atoms with Gasteiger partial charge < -0.3 is 4.74 Å². The minimum absolute atomic E-state index is 0.404. The second-order valence-electron chi connectivity index (χ2n) is 3.90. The number of nitriles is 1. The van der Waals surface area contributed by atoms with Gasteiger partial charge in [0.1, 0.15) is 0 Å². The van der Waals surface area contributed by atoms with E-state index in [1.54, 1.807) is 7.11 Å². The van der Waals surface area contributed by atoms with Crippen molar-refractivity contribution in [3.8, 4) is 6.07 Å². The van der Waals surface area contributed by atoms with Crippen molar-refractivity contribution in [3.05, 3.63) is 0 Å². The first-order chi connectivity index (χ1) is 6.81. The van der Waals surface area contributed by atoms with E-state index in [0.29, 0.717) is 18.7 Å². The molecule has 1 aliphatic carbocycles. The molecule has 1 saturated carbocycles. The van der Waals surface area contributed by atoms with Gasteiger partial charge in [-0.1, -0.05) is 6.92 Å². The van der Waals surface area contributed by atoms with Gasteiger partial charge in [0, 0.05) is 13.2 Å². The lowest BCUT2D eigenvalue weighted by atomic mass is 9.91. The first-order valence-electron chi connectivity index (χ1n) is 5.45. The highest BCUT2D eigenvalue weighted by Crippen LogP contribution is 2.24. The Balaban J connectivity index is 2.45. The molecule has 0 aromatic carbocycles. The fraction of sp³-hybridized carbons (Fsp3) is 0.909. The lowest BCUT2D eigenvalue weighted by Gasteiger charge is -2.35. The Kier molecular flexibility index (Phi) is 4.92. The van der Waals surface area contributed by atoms with Crippen molar-refractivity contribution in [3.63, 3.8) is 0 Å². The number of nitrogens with zero attached hydrogens (tertiary/aromatic N) is 2. The van der Waals surface area contributed by atoms with E-state index in [2.05, 4.69) is 17.9 Å². The standard InChI is InChI=1S/C11H20N2O/c1-3-13(8-7-12)10-5-4-6-11(9-10)14-2/h10-11H,3-6,8-9H2,1-2H3. The summed E-state index contributed by atoms with van der Waals surface area (Å²) in [6.07, 6.45) is 5.12. The first kappa shape index (κ1) is 11.5. The number of ether oxygens (including phenoxy) is 1. The maximum Gasteiger partial charge on any atom is 0.0868 e. The molecule has 0 aromatic rings. The summed E-state index contributed by atoms with van der Waals surface area (Å²) in [5, 5.41) is 8.70. The molecule has 0 heterocycles. The summed E-state index contributed by atoms with van der Waals surface area (Å²) in [7, 11) is 1.79. The Morgan fingerprint density at radius 3 is 2.86 bits per heavy atom. The quantitative estimate of drug-likeness (QED) is 0.643. The average molecular weight is 196 g/mol. The zero-order valence-corrected chi connectivity index (χ0v) is 9.20. The van der Waals surface area contributed by atoms with Crippen molar-refractivity contribution < 1.29 is 4.74 Å². The smallest absolute Gasteiger partial charge is 0.0868 e. The van der Waals surface area contributed by atoms with Gasteiger partial charge in [-0.15, -0.1) is 0 Å². The minimum Gasteiger partial charge on any atom is -0.381 e. The van der Waals surface area contributed by atoms with E-state index in [4.69, 9.17) is 10.00 Å². The molecule has 0 amide bonds. The predicted molar refractivity (Wildman–Crippen MR) is 55.9 cm³/mol. The van der Waals surface area contributed by atoms with E-state index in [1.807, 2.05) is 0 Å². The SMILES string of the molecule is CCN(CC#N)C1CCCC(OC)C1. The van der Waals surface area contributed by atoms with Crippen LogP contribution in [0.25, 0.3) is 0 Å². The lowest BCUT2D eigenvalue weighted by molar-refractivity contribution is 0.0326. The molecule has 1 fully saturated rings. The highest BCUT2D eigenvalue weighted by atomic mass is 16.5. The predicted octanol–water partition coefficient (Wildman–Crippen LogP) is 1.79. The highest BCUT2D eigenvalue weighted by Gasteiger charge is 2.25. The molecule has 0 aromatic heterocycles. The molecule has 1 aliphatic rings. The van der Waals surface area contributed by atoms with Crippen LogP contribution in [-0.2, 0) is 4.74 Å². The van der Waals surface area contributed by atoms with Crippen LogP contribution < -0.4 is 0 Å². The van der Waals surface area contributed by atoms with Crippen molar-refractivity contribution in [2.75, 3.05) is 20.2 Å². The Hall–Kier alpha value is -0.590. The lowest BCUT2D eigenvalue weighted by Crippen LogP contribution is -2.40. The van der Waals surface area contributed by atoms with Crippen molar-refractivity contribution in [1.82, 2.24) is 4.90 Å². The molecule has 2 unspecified atom stereocenters. The van der Waals surface area contributed by atoms with E-state index in [1.165, 1.54) is 19.3 Å². The molecular weight excluding hydrogens is 176 g/mol. The number of hydrogen-bond donors (Lipinski definition) is 0. The van der Waals surface area contributed by atoms with Crippen LogP contribution in [-0.4, -0.2) is 37.2 Å². The molecule has 0 spiro atoms. The van der Waals surface area contributed by atoms with Gasteiger partial charge in [-0.05, 0) is 32.2 Å². The summed E-state index contributed by atoms with van der Waals surface area (Å²) in [5.74, 6) is 0. The number of rotatable bonds is 4. The Morgan fingerprint density at radius 2 is 2.29 bits per heavy atom. The summed E-state index contributed by atoms with van der Waals surface area (Å²) in [6, 6.07) is 2.79. The van der Waals surface area contributed by atoms with Gasteiger partial charge in [-0.3, -0.25) is 4.90 Å². The maximum atomic E-state index is 8.70. The molecular formula is C11H20N2O. The largest absolute Gasteiger partial charge is 0.381 e. The molecule has 1 rings (SSSR count). The molecule has 0 N–H and O–H groups in total. The minimum atomic E-state index is 0.404. The van der Waals surface area contributed by atoms with Gasteiger partial charge in [-0.25, -0.2) is 0 Å². The Morgan fingerprint density at radius 1 is 1.50 bits per heavy atom. The van der Waals surface area contributed by atoms with E-state index in [-0.39, 0.29) is 0 Å². The first-order valence-corrected chi connectivity index (χ1v) is 5.45. The van der Waals surface area contributed by atoms with Gasteiger partial charge >= 0.3 is 0 Å². The van der Waals surface area contributed by atoms with E-state index in [9.17, 15) is 0 Å². The van der Waals surface area contributed by atoms with E-state index in [0.717, 1.165) is 13.0 Å². The molecule has 2 atom stereocenters. The third kappa shape index (κ3) is 2.97. The molecule has 3 nitrogen and oxygen atoms in total. The second kappa shape index (κ2) is 6.00. The van der Waals surface area contributed by atoms with Gasteiger partial charge in [-0.2, -0.15) is 5.26 Å². The van der Waals surface area contributed by atoms with Crippen LogP contribution in [0.3, 0.4) is 0 Å². The van der Waals surface area contributed by atoms with Crippen LogP contribution >= 0.6 is 0 Å². The van der Waals surface area contributed by atoms with Crippen LogP contribution in [0.2, 0.25) is 0 Å². The normalized spacial score (nSPS) is 27.6. The molecule has 0 bridgehead atoms. The summed E-state index contributed by atoms with van der Waals surface area (Å²) >= 11 is 0. The van der Waals surface area contributed by atoms with Crippen molar-refractivity contribution in [2.45, 2.75) is 44.8 Å². The average Bonchev–Trinajstić information content (AvgIpc) is 2.26. The van der Waals surface area contributed by atoms with E-state index >= 15 is 0 Å².